The van der Waals surface area contributed by atoms with Crippen LogP contribution in [-0.2, 0) is 4.79 Å². The van der Waals surface area contributed by atoms with E-state index in [1.165, 1.54) is 0 Å². The summed E-state index contributed by atoms with van der Waals surface area (Å²) in [7, 11) is 0. The molecular formula is C7H15N3O. The van der Waals surface area contributed by atoms with Crippen molar-refractivity contribution in [1.82, 2.24) is 5.32 Å². The van der Waals surface area contributed by atoms with E-state index in [1.807, 2.05) is 0 Å². The molecule has 2 atom stereocenters. The summed E-state index contributed by atoms with van der Waals surface area (Å²) in [6.07, 6.45) is 2.14. The second-order valence-electron chi connectivity index (χ2n) is 2.95. The molecule has 2 unspecified atom stereocenters. The summed E-state index contributed by atoms with van der Waals surface area (Å²) in [6, 6.07) is 0.220. The van der Waals surface area contributed by atoms with Crippen LogP contribution in [0.3, 0.4) is 0 Å². The third-order valence-electron chi connectivity index (χ3n) is 2.20. The van der Waals surface area contributed by atoms with Gasteiger partial charge in [0.05, 0.1) is 5.92 Å². The summed E-state index contributed by atoms with van der Waals surface area (Å²) in [4.78, 5) is 10.8. The Kier molecular flexibility index (Phi) is 2.84. The number of rotatable bonds is 3. The minimum atomic E-state index is -0.285. The van der Waals surface area contributed by atoms with Crippen molar-refractivity contribution in [3.05, 3.63) is 0 Å². The van der Waals surface area contributed by atoms with Gasteiger partial charge < -0.3 is 16.8 Å². The molecule has 0 saturated carbocycles. The van der Waals surface area contributed by atoms with Crippen LogP contribution in [0.4, 0.5) is 0 Å². The van der Waals surface area contributed by atoms with Crippen LogP contribution in [0.2, 0.25) is 0 Å². The monoisotopic (exact) mass is 157 g/mol. The Hall–Kier alpha value is -0.610. The highest BCUT2D eigenvalue weighted by Crippen LogP contribution is 2.13. The fraction of sp³-hybridized carbons (Fsp3) is 0.857. The van der Waals surface area contributed by atoms with E-state index in [9.17, 15) is 4.79 Å². The zero-order valence-electron chi connectivity index (χ0n) is 6.55. The maximum atomic E-state index is 10.8. The number of nitrogens with two attached hydrogens (primary N) is 2. The molecule has 1 aliphatic heterocycles. The van der Waals surface area contributed by atoms with E-state index in [4.69, 9.17) is 11.5 Å². The van der Waals surface area contributed by atoms with Crippen LogP contribution in [0.25, 0.3) is 0 Å². The summed E-state index contributed by atoms with van der Waals surface area (Å²) in [5, 5.41) is 3.21. The molecule has 0 bridgehead atoms. The van der Waals surface area contributed by atoms with E-state index < -0.39 is 0 Å². The standard InChI is InChI=1S/C7H15N3O/c8-4-5(7(9)11)6-2-1-3-10-6/h5-6,10H,1-4,8H2,(H2,9,11). The van der Waals surface area contributed by atoms with Crippen molar-refractivity contribution in [2.45, 2.75) is 18.9 Å². The third-order valence-corrected chi connectivity index (χ3v) is 2.20. The molecule has 1 heterocycles. The van der Waals surface area contributed by atoms with E-state index in [0.717, 1.165) is 19.4 Å². The van der Waals surface area contributed by atoms with Gasteiger partial charge in [0.25, 0.3) is 0 Å². The average Bonchev–Trinajstić information content (AvgIpc) is 2.40. The summed E-state index contributed by atoms with van der Waals surface area (Å²) < 4.78 is 0. The topological polar surface area (TPSA) is 81.1 Å². The van der Waals surface area contributed by atoms with Gasteiger partial charge in [-0.3, -0.25) is 4.79 Å². The first-order valence-corrected chi connectivity index (χ1v) is 3.98. The minimum Gasteiger partial charge on any atom is -0.369 e. The fourth-order valence-electron chi connectivity index (χ4n) is 1.53. The molecule has 0 radical (unpaired) electrons. The zero-order valence-corrected chi connectivity index (χ0v) is 6.55. The van der Waals surface area contributed by atoms with Crippen LogP contribution in [0, 0.1) is 5.92 Å². The van der Waals surface area contributed by atoms with Gasteiger partial charge in [0.2, 0.25) is 5.91 Å². The van der Waals surface area contributed by atoms with Crippen molar-refractivity contribution in [2.24, 2.45) is 17.4 Å². The van der Waals surface area contributed by atoms with Crippen LogP contribution >= 0.6 is 0 Å². The largest absolute Gasteiger partial charge is 0.369 e. The Morgan fingerprint density at radius 1 is 1.73 bits per heavy atom. The quantitative estimate of drug-likeness (QED) is 0.481. The lowest BCUT2D eigenvalue weighted by Gasteiger charge is -2.18. The maximum Gasteiger partial charge on any atom is 0.223 e. The van der Waals surface area contributed by atoms with E-state index in [2.05, 4.69) is 5.32 Å². The number of carbonyl (C=O) groups is 1. The Balaban J connectivity index is 2.46. The first kappa shape index (κ1) is 8.49. The second-order valence-corrected chi connectivity index (χ2v) is 2.95. The summed E-state index contributed by atoms with van der Waals surface area (Å²) in [5.74, 6) is -0.468. The number of hydrogen-bond donors (Lipinski definition) is 3. The van der Waals surface area contributed by atoms with Crippen LogP contribution < -0.4 is 16.8 Å². The third kappa shape index (κ3) is 1.91. The Morgan fingerprint density at radius 2 is 2.45 bits per heavy atom. The molecule has 1 aliphatic rings. The number of hydrogen-bond acceptors (Lipinski definition) is 3. The maximum absolute atomic E-state index is 10.8. The lowest BCUT2D eigenvalue weighted by atomic mass is 9.98. The molecule has 5 N–H and O–H groups in total. The molecule has 0 spiro atoms. The highest BCUT2D eigenvalue weighted by molar-refractivity contribution is 5.77. The van der Waals surface area contributed by atoms with E-state index in [0.29, 0.717) is 6.54 Å². The van der Waals surface area contributed by atoms with Crippen LogP contribution in [0.5, 0.6) is 0 Å². The van der Waals surface area contributed by atoms with Gasteiger partial charge in [-0.15, -0.1) is 0 Å². The molecule has 0 aromatic carbocycles. The fourth-order valence-corrected chi connectivity index (χ4v) is 1.53. The molecule has 0 aromatic heterocycles. The summed E-state index contributed by atoms with van der Waals surface area (Å²) in [5.41, 5.74) is 10.6. The molecule has 1 rings (SSSR count). The van der Waals surface area contributed by atoms with Crippen LogP contribution in [0.1, 0.15) is 12.8 Å². The van der Waals surface area contributed by atoms with E-state index in [-0.39, 0.29) is 17.9 Å². The molecule has 1 fully saturated rings. The predicted octanol–water partition coefficient (Wildman–Crippen LogP) is -1.20. The second kappa shape index (κ2) is 3.69. The summed E-state index contributed by atoms with van der Waals surface area (Å²) in [6.45, 7) is 1.33. The highest BCUT2D eigenvalue weighted by Gasteiger charge is 2.27. The SMILES string of the molecule is NCC(C(N)=O)C1CCCN1. The first-order chi connectivity index (χ1) is 5.25. The Morgan fingerprint density at radius 3 is 2.82 bits per heavy atom. The lowest BCUT2D eigenvalue weighted by molar-refractivity contribution is -0.122. The predicted molar refractivity (Wildman–Crippen MR) is 42.8 cm³/mol. The van der Waals surface area contributed by atoms with Gasteiger partial charge in [-0.2, -0.15) is 0 Å². The zero-order chi connectivity index (χ0) is 8.27. The van der Waals surface area contributed by atoms with Gasteiger partial charge in [0.1, 0.15) is 0 Å². The molecule has 4 nitrogen and oxygen atoms in total. The highest BCUT2D eigenvalue weighted by atomic mass is 16.1. The number of carbonyl (C=O) groups excluding carboxylic acids is 1. The molecule has 1 amide bonds. The van der Waals surface area contributed by atoms with Crippen molar-refractivity contribution in [3.8, 4) is 0 Å². The average molecular weight is 157 g/mol. The number of primary amides is 1. The van der Waals surface area contributed by atoms with Gasteiger partial charge in [0.15, 0.2) is 0 Å². The number of amides is 1. The van der Waals surface area contributed by atoms with Crippen molar-refractivity contribution >= 4 is 5.91 Å². The van der Waals surface area contributed by atoms with E-state index >= 15 is 0 Å². The normalized spacial score (nSPS) is 26.8. The Labute approximate surface area is 66.3 Å². The minimum absolute atomic E-state index is 0.183. The van der Waals surface area contributed by atoms with Crippen molar-refractivity contribution in [3.63, 3.8) is 0 Å². The first-order valence-electron chi connectivity index (χ1n) is 3.98. The molecule has 1 saturated heterocycles. The van der Waals surface area contributed by atoms with Gasteiger partial charge in [-0.1, -0.05) is 0 Å². The van der Waals surface area contributed by atoms with Crippen LogP contribution in [0.15, 0.2) is 0 Å². The molecule has 4 heteroatoms. The number of nitrogens with one attached hydrogen (secondary N) is 1. The lowest BCUT2D eigenvalue weighted by Crippen LogP contribution is -2.43. The van der Waals surface area contributed by atoms with Crippen molar-refractivity contribution in [2.75, 3.05) is 13.1 Å². The van der Waals surface area contributed by atoms with Crippen molar-refractivity contribution in [1.29, 1.82) is 0 Å². The van der Waals surface area contributed by atoms with Crippen molar-refractivity contribution < 1.29 is 4.79 Å². The molecule has 0 aromatic rings. The van der Waals surface area contributed by atoms with E-state index in [1.54, 1.807) is 0 Å². The Bertz CT molecular complexity index is 143. The van der Waals surface area contributed by atoms with Gasteiger partial charge in [-0.25, -0.2) is 0 Å². The van der Waals surface area contributed by atoms with Gasteiger partial charge >= 0.3 is 0 Å². The van der Waals surface area contributed by atoms with Crippen LogP contribution in [-0.4, -0.2) is 25.0 Å². The molecule has 11 heavy (non-hydrogen) atoms. The van der Waals surface area contributed by atoms with Gasteiger partial charge in [-0.05, 0) is 19.4 Å². The van der Waals surface area contributed by atoms with Gasteiger partial charge in [0, 0.05) is 12.6 Å². The molecular weight excluding hydrogens is 142 g/mol. The molecule has 0 aliphatic carbocycles. The molecule has 64 valence electrons. The summed E-state index contributed by atoms with van der Waals surface area (Å²) >= 11 is 0. The smallest absolute Gasteiger partial charge is 0.223 e.